The minimum absolute atomic E-state index is 0.0773. The highest BCUT2D eigenvalue weighted by Gasteiger charge is 2.14. The van der Waals surface area contributed by atoms with Gasteiger partial charge >= 0.3 is 0 Å². The van der Waals surface area contributed by atoms with Gasteiger partial charge in [-0.05, 0) is 36.4 Å². The number of benzene rings is 2. The third kappa shape index (κ3) is 4.76. The number of likely N-dealkylation sites (N-methyl/N-ethyl adjacent to an activating group) is 1. The Morgan fingerprint density at radius 1 is 0.963 bits per heavy atom. The summed E-state index contributed by atoms with van der Waals surface area (Å²) in [7, 11) is 1.72. The molecule has 1 heterocycles. The van der Waals surface area contributed by atoms with Crippen molar-refractivity contribution in [2.24, 2.45) is 0 Å². The van der Waals surface area contributed by atoms with Crippen molar-refractivity contribution in [3.63, 3.8) is 0 Å². The van der Waals surface area contributed by atoms with Crippen molar-refractivity contribution >= 4 is 23.2 Å². The second-order valence-electron chi connectivity index (χ2n) is 5.95. The number of furan rings is 1. The van der Waals surface area contributed by atoms with Gasteiger partial charge in [0.1, 0.15) is 5.76 Å². The quantitative estimate of drug-likeness (QED) is 0.676. The standard InChI is InChI=1S/C21H21N3O3/c1-24(16-8-3-2-4-9-16)20(25)15-22-19-12-6-5-11-18(19)21(26)23-14-17-10-7-13-27-17/h2-13,22H,14-15H2,1H3,(H,23,26). The Kier molecular flexibility index (Phi) is 5.89. The molecule has 3 aromatic rings. The topological polar surface area (TPSA) is 74.6 Å². The van der Waals surface area contributed by atoms with E-state index in [1.807, 2.05) is 36.4 Å². The van der Waals surface area contributed by atoms with Crippen LogP contribution in [0, 0.1) is 0 Å². The van der Waals surface area contributed by atoms with E-state index in [9.17, 15) is 9.59 Å². The number of amides is 2. The lowest BCUT2D eigenvalue weighted by molar-refractivity contribution is -0.116. The zero-order chi connectivity index (χ0) is 19.1. The molecule has 0 aliphatic heterocycles. The highest BCUT2D eigenvalue weighted by Crippen LogP contribution is 2.16. The largest absolute Gasteiger partial charge is 0.467 e. The Bertz CT molecular complexity index is 892. The van der Waals surface area contributed by atoms with E-state index in [0.29, 0.717) is 23.6 Å². The highest BCUT2D eigenvalue weighted by atomic mass is 16.3. The van der Waals surface area contributed by atoms with Gasteiger partial charge in [0.15, 0.2) is 0 Å². The maximum absolute atomic E-state index is 12.5. The molecule has 2 aromatic carbocycles. The van der Waals surface area contributed by atoms with Crippen LogP contribution in [0.3, 0.4) is 0 Å². The van der Waals surface area contributed by atoms with Gasteiger partial charge in [-0.1, -0.05) is 30.3 Å². The van der Waals surface area contributed by atoms with Gasteiger partial charge in [0, 0.05) is 18.4 Å². The van der Waals surface area contributed by atoms with Gasteiger partial charge in [0.05, 0.1) is 24.9 Å². The summed E-state index contributed by atoms with van der Waals surface area (Å²) in [5, 5.41) is 5.87. The molecule has 0 saturated carbocycles. The van der Waals surface area contributed by atoms with E-state index in [1.165, 1.54) is 0 Å². The Hall–Kier alpha value is -3.54. The maximum atomic E-state index is 12.5. The predicted molar refractivity (Wildman–Crippen MR) is 105 cm³/mol. The summed E-state index contributed by atoms with van der Waals surface area (Å²) in [6, 6.07) is 20.1. The molecular weight excluding hydrogens is 342 g/mol. The average Bonchev–Trinajstić information content (AvgIpc) is 3.24. The van der Waals surface area contributed by atoms with Crippen molar-refractivity contribution in [2.45, 2.75) is 6.54 Å². The van der Waals surface area contributed by atoms with Crippen molar-refractivity contribution < 1.29 is 14.0 Å². The molecule has 3 rings (SSSR count). The first kappa shape index (κ1) is 18.3. The van der Waals surface area contributed by atoms with Crippen molar-refractivity contribution in [2.75, 3.05) is 23.8 Å². The van der Waals surface area contributed by atoms with E-state index in [2.05, 4.69) is 10.6 Å². The summed E-state index contributed by atoms with van der Waals surface area (Å²) in [4.78, 5) is 26.5. The molecule has 0 atom stereocenters. The predicted octanol–water partition coefficient (Wildman–Crippen LogP) is 3.28. The summed E-state index contributed by atoms with van der Waals surface area (Å²) in [5.41, 5.74) is 1.89. The Labute approximate surface area is 157 Å². The molecule has 0 unspecified atom stereocenters. The Balaban J connectivity index is 1.62. The molecule has 0 spiro atoms. The highest BCUT2D eigenvalue weighted by molar-refractivity contribution is 6.01. The molecule has 27 heavy (non-hydrogen) atoms. The van der Waals surface area contributed by atoms with Gasteiger partial charge in [0.25, 0.3) is 5.91 Å². The lowest BCUT2D eigenvalue weighted by Gasteiger charge is -2.18. The van der Waals surface area contributed by atoms with Gasteiger partial charge in [-0.2, -0.15) is 0 Å². The number of nitrogens with one attached hydrogen (secondary N) is 2. The Morgan fingerprint density at radius 2 is 1.70 bits per heavy atom. The van der Waals surface area contributed by atoms with E-state index in [-0.39, 0.29) is 18.4 Å². The molecule has 0 saturated heterocycles. The SMILES string of the molecule is CN(C(=O)CNc1ccccc1C(=O)NCc1ccco1)c1ccccc1. The Morgan fingerprint density at radius 3 is 2.44 bits per heavy atom. The van der Waals surface area contributed by atoms with Crippen LogP contribution in [0.25, 0.3) is 0 Å². The smallest absolute Gasteiger partial charge is 0.253 e. The van der Waals surface area contributed by atoms with E-state index < -0.39 is 0 Å². The number of anilines is 2. The van der Waals surface area contributed by atoms with Crippen LogP contribution in [-0.4, -0.2) is 25.4 Å². The van der Waals surface area contributed by atoms with Crippen LogP contribution in [0.4, 0.5) is 11.4 Å². The summed E-state index contributed by atoms with van der Waals surface area (Å²) < 4.78 is 5.22. The van der Waals surface area contributed by atoms with Crippen LogP contribution in [0.2, 0.25) is 0 Å². The van der Waals surface area contributed by atoms with Crippen LogP contribution >= 0.6 is 0 Å². The molecule has 0 bridgehead atoms. The number of carbonyl (C=O) groups excluding carboxylic acids is 2. The molecule has 0 aliphatic rings. The van der Waals surface area contributed by atoms with Crippen molar-refractivity contribution in [1.82, 2.24) is 5.32 Å². The molecule has 0 radical (unpaired) electrons. The van der Waals surface area contributed by atoms with Crippen LogP contribution < -0.4 is 15.5 Å². The lowest BCUT2D eigenvalue weighted by atomic mass is 10.1. The number of rotatable bonds is 7. The lowest BCUT2D eigenvalue weighted by Crippen LogP contribution is -2.32. The molecule has 2 N–H and O–H groups in total. The average molecular weight is 363 g/mol. The van der Waals surface area contributed by atoms with E-state index in [0.717, 1.165) is 5.69 Å². The number of hydrogen-bond donors (Lipinski definition) is 2. The van der Waals surface area contributed by atoms with Crippen LogP contribution in [0.5, 0.6) is 0 Å². The fourth-order valence-electron chi connectivity index (χ4n) is 2.60. The molecule has 2 amide bonds. The molecule has 0 fully saturated rings. The molecule has 6 heteroatoms. The number of carbonyl (C=O) groups is 2. The number of nitrogens with zero attached hydrogens (tertiary/aromatic N) is 1. The molecule has 138 valence electrons. The first-order valence-corrected chi connectivity index (χ1v) is 8.60. The molecular formula is C21H21N3O3. The zero-order valence-electron chi connectivity index (χ0n) is 15.0. The molecule has 1 aromatic heterocycles. The first-order chi connectivity index (χ1) is 13.1. The maximum Gasteiger partial charge on any atom is 0.253 e. The van der Waals surface area contributed by atoms with Gasteiger partial charge in [-0.25, -0.2) is 0 Å². The van der Waals surface area contributed by atoms with Crippen LogP contribution in [0.15, 0.2) is 77.4 Å². The zero-order valence-corrected chi connectivity index (χ0v) is 15.0. The van der Waals surface area contributed by atoms with Gasteiger partial charge in [-0.15, -0.1) is 0 Å². The van der Waals surface area contributed by atoms with E-state index >= 15 is 0 Å². The summed E-state index contributed by atoms with van der Waals surface area (Å²) in [5.74, 6) is 0.332. The van der Waals surface area contributed by atoms with Gasteiger partial charge < -0.3 is 20.0 Å². The summed E-state index contributed by atoms with van der Waals surface area (Å²) >= 11 is 0. The molecule has 0 aliphatic carbocycles. The third-order valence-electron chi connectivity index (χ3n) is 4.12. The van der Waals surface area contributed by atoms with Crippen molar-refractivity contribution in [3.8, 4) is 0 Å². The molecule has 6 nitrogen and oxygen atoms in total. The second-order valence-corrected chi connectivity index (χ2v) is 5.95. The fraction of sp³-hybridized carbons (Fsp3) is 0.143. The number of para-hydroxylation sites is 2. The summed E-state index contributed by atoms with van der Waals surface area (Å²) in [6.07, 6.45) is 1.56. The minimum Gasteiger partial charge on any atom is -0.467 e. The van der Waals surface area contributed by atoms with Crippen LogP contribution in [-0.2, 0) is 11.3 Å². The first-order valence-electron chi connectivity index (χ1n) is 8.60. The monoisotopic (exact) mass is 363 g/mol. The third-order valence-corrected chi connectivity index (χ3v) is 4.12. The fourth-order valence-corrected chi connectivity index (χ4v) is 2.60. The van der Waals surface area contributed by atoms with E-state index in [4.69, 9.17) is 4.42 Å². The van der Waals surface area contributed by atoms with Gasteiger partial charge in [-0.3, -0.25) is 9.59 Å². The van der Waals surface area contributed by atoms with E-state index in [1.54, 1.807) is 48.5 Å². The number of hydrogen-bond acceptors (Lipinski definition) is 4. The minimum atomic E-state index is -0.238. The normalized spacial score (nSPS) is 10.3. The summed E-state index contributed by atoms with van der Waals surface area (Å²) in [6.45, 7) is 0.379. The van der Waals surface area contributed by atoms with Crippen molar-refractivity contribution in [3.05, 3.63) is 84.3 Å². The second kappa shape index (κ2) is 8.71. The van der Waals surface area contributed by atoms with Crippen LogP contribution in [0.1, 0.15) is 16.1 Å². The van der Waals surface area contributed by atoms with Gasteiger partial charge in [0.2, 0.25) is 5.91 Å². The van der Waals surface area contributed by atoms with Crippen molar-refractivity contribution in [1.29, 1.82) is 0 Å².